The van der Waals surface area contributed by atoms with Crippen LogP contribution < -0.4 is 5.32 Å². The molecule has 2 fully saturated rings. The van der Waals surface area contributed by atoms with E-state index in [0.717, 1.165) is 30.7 Å². The van der Waals surface area contributed by atoms with Crippen LogP contribution in [-0.4, -0.2) is 23.8 Å². The molecule has 0 aromatic rings. The maximum atomic E-state index is 9.53. The molecular weight excluding hydrogens is 222 g/mol. The second kappa shape index (κ2) is 5.92. The van der Waals surface area contributed by atoms with E-state index in [9.17, 15) is 5.11 Å². The van der Waals surface area contributed by atoms with Crippen LogP contribution in [0.1, 0.15) is 65.7 Å². The fourth-order valence-corrected chi connectivity index (χ4v) is 4.18. The summed E-state index contributed by atoms with van der Waals surface area (Å²) in [6.45, 7) is 8.38. The van der Waals surface area contributed by atoms with Crippen LogP contribution in [0.25, 0.3) is 0 Å². The number of aliphatic hydroxyl groups excluding tert-OH is 1. The highest BCUT2D eigenvalue weighted by molar-refractivity contribution is 4.87. The van der Waals surface area contributed by atoms with E-state index in [-0.39, 0.29) is 6.10 Å². The summed E-state index contributed by atoms with van der Waals surface area (Å²) in [4.78, 5) is 0. The van der Waals surface area contributed by atoms with Crippen molar-refractivity contribution in [2.45, 2.75) is 77.9 Å². The molecule has 18 heavy (non-hydrogen) atoms. The third-order valence-corrected chi connectivity index (χ3v) is 4.90. The lowest BCUT2D eigenvalue weighted by Gasteiger charge is -2.40. The molecule has 0 radical (unpaired) electrons. The normalized spacial score (nSPS) is 40.7. The number of aliphatic hydroxyl groups is 1. The van der Waals surface area contributed by atoms with E-state index in [4.69, 9.17) is 0 Å². The largest absolute Gasteiger partial charge is 0.393 e. The molecule has 0 bridgehead atoms. The zero-order valence-corrected chi connectivity index (χ0v) is 12.4. The van der Waals surface area contributed by atoms with Gasteiger partial charge in [-0.05, 0) is 68.7 Å². The van der Waals surface area contributed by atoms with Gasteiger partial charge in [-0.1, -0.05) is 20.8 Å². The van der Waals surface area contributed by atoms with Crippen LogP contribution in [0.15, 0.2) is 0 Å². The van der Waals surface area contributed by atoms with E-state index in [1.54, 1.807) is 0 Å². The Labute approximate surface area is 113 Å². The molecule has 0 aromatic heterocycles. The van der Waals surface area contributed by atoms with Gasteiger partial charge in [-0.3, -0.25) is 0 Å². The molecule has 2 N–H and O–H groups in total. The monoisotopic (exact) mass is 253 g/mol. The molecule has 0 spiro atoms. The van der Waals surface area contributed by atoms with Crippen LogP contribution in [0.3, 0.4) is 0 Å². The Morgan fingerprint density at radius 2 is 1.78 bits per heavy atom. The fourth-order valence-electron chi connectivity index (χ4n) is 4.18. The Morgan fingerprint density at radius 1 is 1.11 bits per heavy atom. The topological polar surface area (TPSA) is 32.3 Å². The van der Waals surface area contributed by atoms with Crippen molar-refractivity contribution in [1.82, 2.24) is 5.32 Å². The lowest BCUT2D eigenvalue weighted by Crippen LogP contribution is -2.42. The third-order valence-electron chi connectivity index (χ3n) is 4.90. The van der Waals surface area contributed by atoms with Crippen molar-refractivity contribution < 1.29 is 5.11 Å². The average Bonchev–Trinajstić information content (AvgIpc) is 2.25. The molecule has 0 amide bonds. The van der Waals surface area contributed by atoms with Crippen molar-refractivity contribution in [2.75, 3.05) is 6.54 Å². The van der Waals surface area contributed by atoms with Gasteiger partial charge in [0.25, 0.3) is 0 Å². The molecule has 2 rings (SSSR count). The Hall–Kier alpha value is -0.0800. The van der Waals surface area contributed by atoms with Crippen molar-refractivity contribution in [3.63, 3.8) is 0 Å². The van der Waals surface area contributed by atoms with Gasteiger partial charge >= 0.3 is 0 Å². The Morgan fingerprint density at radius 3 is 2.39 bits per heavy atom. The van der Waals surface area contributed by atoms with E-state index in [1.165, 1.54) is 38.6 Å². The molecule has 0 saturated heterocycles. The van der Waals surface area contributed by atoms with E-state index in [1.807, 2.05) is 0 Å². The Kier molecular flexibility index (Phi) is 4.71. The quantitative estimate of drug-likeness (QED) is 0.808. The van der Waals surface area contributed by atoms with Crippen LogP contribution in [0, 0.1) is 17.3 Å². The number of nitrogens with one attached hydrogen (secondary N) is 1. The van der Waals surface area contributed by atoms with Gasteiger partial charge in [0, 0.05) is 6.04 Å². The van der Waals surface area contributed by atoms with Gasteiger partial charge in [-0.15, -0.1) is 0 Å². The third kappa shape index (κ3) is 4.24. The molecule has 2 unspecified atom stereocenters. The summed E-state index contributed by atoms with van der Waals surface area (Å²) in [5.74, 6) is 1.66. The highest BCUT2D eigenvalue weighted by Crippen LogP contribution is 2.38. The first-order valence-electron chi connectivity index (χ1n) is 7.86. The van der Waals surface area contributed by atoms with Gasteiger partial charge in [-0.2, -0.15) is 0 Å². The van der Waals surface area contributed by atoms with Gasteiger partial charge in [0.1, 0.15) is 0 Å². The minimum atomic E-state index is -0.0186. The average molecular weight is 253 g/mol. The Bertz CT molecular complexity index is 256. The summed E-state index contributed by atoms with van der Waals surface area (Å²) in [5, 5.41) is 13.3. The summed E-state index contributed by atoms with van der Waals surface area (Å²) < 4.78 is 0. The summed E-state index contributed by atoms with van der Waals surface area (Å²) in [6.07, 6.45) is 8.47. The first-order valence-corrected chi connectivity index (χ1v) is 7.86. The summed E-state index contributed by atoms with van der Waals surface area (Å²) >= 11 is 0. The predicted octanol–water partition coefficient (Wildman–Crippen LogP) is 3.34. The Balaban J connectivity index is 1.73. The van der Waals surface area contributed by atoms with Crippen LogP contribution in [0.4, 0.5) is 0 Å². The van der Waals surface area contributed by atoms with Gasteiger partial charge in [0.15, 0.2) is 0 Å². The molecule has 2 heteroatoms. The van der Waals surface area contributed by atoms with Gasteiger partial charge in [-0.25, -0.2) is 0 Å². The molecule has 0 heterocycles. The molecule has 2 aliphatic carbocycles. The molecular formula is C16H31NO. The van der Waals surface area contributed by atoms with Crippen molar-refractivity contribution in [1.29, 1.82) is 0 Å². The zero-order chi connectivity index (χ0) is 13.2. The van der Waals surface area contributed by atoms with Crippen LogP contribution in [0.2, 0.25) is 0 Å². The number of hydrogen-bond donors (Lipinski definition) is 2. The van der Waals surface area contributed by atoms with Crippen molar-refractivity contribution in [2.24, 2.45) is 17.3 Å². The molecule has 2 nitrogen and oxygen atoms in total. The summed E-state index contributed by atoms with van der Waals surface area (Å²) in [5.41, 5.74) is 0.512. The zero-order valence-electron chi connectivity index (χ0n) is 12.4. The SMILES string of the molecule is CC1CC(NCC2CCC(O)CC2)CC(C)(C)C1. The van der Waals surface area contributed by atoms with E-state index in [0.29, 0.717) is 5.41 Å². The van der Waals surface area contributed by atoms with Gasteiger partial charge in [0.05, 0.1) is 6.10 Å². The molecule has 0 aromatic carbocycles. The first-order chi connectivity index (χ1) is 8.44. The standard InChI is InChI=1S/C16H31NO/c1-12-8-14(10-16(2,3)9-12)17-11-13-4-6-15(18)7-5-13/h12-15,17-18H,4-11H2,1-3H3. The highest BCUT2D eigenvalue weighted by atomic mass is 16.3. The van der Waals surface area contributed by atoms with Crippen molar-refractivity contribution >= 4 is 0 Å². The molecule has 106 valence electrons. The second-order valence-electron chi connectivity index (χ2n) is 7.69. The van der Waals surface area contributed by atoms with E-state index >= 15 is 0 Å². The minimum absolute atomic E-state index is 0.0186. The number of hydrogen-bond acceptors (Lipinski definition) is 2. The lowest BCUT2D eigenvalue weighted by molar-refractivity contribution is 0.102. The predicted molar refractivity (Wildman–Crippen MR) is 76.6 cm³/mol. The second-order valence-corrected chi connectivity index (χ2v) is 7.69. The minimum Gasteiger partial charge on any atom is -0.393 e. The smallest absolute Gasteiger partial charge is 0.0540 e. The van der Waals surface area contributed by atoms with Crippen molar-refractivity contribution in [3.8, 4) is 0 Å². The van der Waals surface area contributed by atoms with Crippen LogP contribution >= 0.6 is 0 Å². The molecule has 2 saturated carbocycles. The molecule has 0 aliphatic heterocycles. The van der Waals surface area contributed by atoms with E-state index in [2.05, 4.69) is 26.1 Å². The summed E-state index contributed by atoms with van der Waals surface area (Å²) in [6, 6.07) is 0.718. The van der Waals surface area contributed by atoms with Gasteiger partial charge < -0.3 is 10.4 Å². The molecule has 2 aliphatic rings. The fraction of sp³-hybridized carbons (Fsp3) is 1.00. The van der Waals surface area contributed by atoms with E-state index < -0.39 is 0 Å². The van der Waals surface area contributed by atoms with Gasteiger partial charge in [0.2, 0.25) is 0 Å². The highest BCUT2D eigenvalue weighted by Gasteiger charge is 2.32. The molecule has 2 atom stereocenters. The van der Waals surface area contributed by atoms with Crippen LogP contribution in [0.5, 0.6) is 0 Å². The summed E-state index contributed by atoms with van der Waals surface area (Å²) in [7, 11) is 0. The lowest BCUT2D eigenvalue weighted by atomic mass is 9.70. The maximum Gasteiger partial charge on any atom is 0.0540 e. The first kappa shape index (κ1) is 14.3. The van der Waals surface area contributed by atoms with Crippen molar-refractivity contribution in [3.05, 3.63) is 0 Å². The maximum absolute atomic E-state index is 9.53. The van der Waals surface area contributed by atoms with Crippen LogP contribution in [-0.2, 0) is 0 Å². The number of rotatable bonds is 3.